The van der Waals surface area contributed by atoms with E-state index < -0.39 is 5.91 Å². The highest BCUT2D eigenvalue weighted by Gasteiger charge is 2.57. The Labute approximate surface area is 161 Å². The van der Waals surface area contributed by atoms with Crippen molar-refractivity contribution in [1.29, 1.82) is 0 Å². The summed E-state index contributed by atoms with van der Waals surface area (Å²) in [4.78, 5) is 11.8. The van der Waals surface area contributed by atoms with E-state index in [1.807, 2.05) is 6.07 Å². The van der Waals surface area contributed by atoms with E-state index in [2.05, 4.69) is 0 Å². The van der Waals surface area contributed by atoms with E-state index in [0.29, 0.717) is 18.3 Å². The molecular formula is C23H31NO3. The zero-order valence-electron chi connectivity index (χ0n) is 16.0. The van der Waals surface area contributed by atoms with Gasteiger partial charge in [-0.2, -0.15) is 0 Å². The van der Waals surface area contributed by atoms with Crippen LogP contribution in [0.1, 0.15) is 79.3 Å². The molecule has 0 saturated heterocycles. The Morgan fingerprint density at radius 3 is 2.70 bits per heavy atom. The van der Waals surface area contributed by atoms with E-state index in [0.717, 1.165) is 43.1 Å². The molecule has 5 rings (SSSR count). The highest BCUT2D eigenvalue weighted by atomic mass is 16.3. The van der Waals surface area contributed by atoms with Crippen LogP contribution in [0.2, 0.25) is 0 Å². The van der Waals surface area contributed by atoms with Crippen molar-refractivity contribution in [2.24, 2.45) is 29.4 Å². The predicted molar refractivity (Wildman–Crippen MR) is 104 cm³/mol. The van der Waals surface area contributed by atoms with E-state index in [1.54, 1.807) is 6.07 Å². The Kier molecular flexibility index (Phi) is 4.05. The second-order valence-electron chi connectivity index (χ2n) is 9.76. The van der Waals surface area contributed by atoms with Crippen LogP contribution in [0.5, 0.6) is 5.75 Å². The maximum Gasteiger partial charge on any atom is 0.252 e. The Morgan fingerprint density at radius 2 is 2.00 bits per heavy atom. The molecule has 2 bridgehead atoms. The number of carbonyl (C=O) groups excluding carboxylic acids is 1. The van der Waals surface area contributed by atoms with Gasteiger partial charge in [-0.25, -0.2) is 0 Å². The van der Waals surface area contributed by atoms with Gasteiger partial charge in [0.15, 0.2) is 0 Å². The number of nitrogens with two attached hydrogens (primary N) is 1. The average molecular weight is 370 g/mol. The van der Waals surface area contributed by atoms with Crippen LogP contribution < -0.4 is 5.73 Å². The second-order valence-corrected chi connectivity index (χ2v) is 9.76. The van der Waals surface area contributed by atoms with Gasteiger partial charge in [-0.3, -0.25) is 4.79 Å². The van der Waals surface area contributed by atoms with Gasteiger partial charge in [-0.05, 0) is 80.2 Å². The van der Waals surface area contributed by atoms with Crippen molar-refractivity contribution in [1.82, 2.24) is 0 Å². The first-order valence-electron chi connectivity index (χ1n) is 10.8. The van der Waals surface area contributed by atoms with Gasteiger partial charge < -0.3 is 15.9 Å². The van der Waals surface area contributed by atoms with Crippen molar-refractivity contribution in [2.45, 2.75) is 75.7 Å². The quantitative estimate of drug-likeness (QED) is 0.760. The number of primary amides is 1. The molecular weight excluding hydrogens is 338 g/mol. The Morgan fingerprint density at radius 1 is 1.19 bits per heavy atom. The van der Waals surface area contributed by atoms with E-state index >= 15 is 0 Å². The third kappa shape index (κ3) is 2.55. The average Bonchev–Trinajstić information content (AvgIpc) is 2.58. The molecule has 4 heteroatoms. The number of aliphatic hydroxyl groups is 1. The van der Waals surface area contributed by atoms with Crippen LogP contribution >= 0.6 is 0 Å². The van der Waals surface area contributed by atoms with Crippen LogP contribution in [0.4, 0.5) is 0 Å². The fourth-order valence-electron chi connectivity index (χ4n) is 7.20. The lowest BCUT2D eigenvalue weighted by Gasteiger charge is -2.59. The maximum absolute atomic E-state index is 11.8. The normalized spacial score (nSPS) is 37.8. The second kappa shape index (κ2) is 6.23. The molecule has 2 unspecified atom stereocenters. The molecule has 0 radical (unpaired) electrons. The first kappa shape index (κ1) is 17.5. The van der Waals surface area contributed by atoms with Crippen LogP contribution in [-0.4, -0.2) is 22.2 Å². The molecule has 0 aromatic heterocycles. The van der Waals surface area contributed by atoms with E-state index in [9.17, 15) is 15.0 Å². The number of aliphatic hydroxyl groups excluding tert-OH is 1. The van der Waals surface area contributed by atoms with Crippen molar-refractivity contribution in [3.63, 3.8) is 0 Å². The van der Waals surface area contributed by atoms with E-state index in [4.69, 9.17) is 5.73 Å². The summed E-state index contributed by atoms with van der Waals surface area (Å²) in [5, 5.41) is 21.5. The first-order chi connectivity index (χ1) is 13.0. The monoisotopic (exact) mass is 369 g/mol. The number of aromatic hydroxyl groups is 1. The largest absolute Gasteiger partial charge is 0.507 e. The Bertz CT molecular complexity index is 771. The number of hydrogen-bond donors (Lipinski definition) is 3. The molecule has 3 fully saturated rings. The highest BCUT2D eigenvalue weighted by molar-refractivity contribution is 5.96. The Balaban J connectivity index is 1.60. The number of hydrogen-bond acceptors (Lipinski definition) is 3. The van der Waals surface area contributed by atoms with Gasteiger partial charge in [0.1, 0.15) is 5.75 Å². The van der Waals surface area contributed by atoms with Crippen LogP contribution in [0, 0.1) is 23.7 Å². The SMILES string of the molecule is NC(=O)c1ccc2c(c1O)C13CCC(CC4CCC4)[C@H](C2)[C@@H]1CC[C@@H](O)C3. The van der Waals surface area contributed by atoms with Crippen molar-refractivity contribution in [3.8, 4) is 5.75 Å². The molecule has 0 spiro atoms. The molecule has 1 amide bonds. The third-order valence-electron chi connectivity index (χ3n) is 8.55. The summed E-state index contributed by atoms with van der Waals surface area (Å²) >= 11 is 0. The highest BCUT2D eigenvalue weighted by Crippen LogP contribution is 2.63. The van der Waals surface area contributed by atoms with Gasteiger partial charge in [0.05, 0.1) is 11.7 Å². The van der Waals surface area contributed by atoms with Crippen molar-refractivity contribution in [2.75, 3.05) is 0 Å². The van der Waals surface area contributed by atoms with Gasteiger partial charge in [0, 0.05) is 11.0 Å². The molecule has 0 heterocycles. The lowest BCUT2D eigenvalue weighted by Crippen LogP contribution is -2.55. The van der Waals surface area contributed by atoms with Crippen molar-refractivity contribution in [3.05, 3.63) is 28.8 Å². The number of rotatable bonds is 3. The van der Waals surface area contributed by atoms with E-state index in [-0.39, 0.29) is 22.8 Å². The topological polar surface area (TPSA) is 83.6 Å². The summed E-state index contributed by atoms with van der Waals surface area (Å²) in [6.07, 6.45) is 11.1. The number of phenols is 1. The van der Waals surface area contributed by atoms with Crippen molar-refractivity contribution < 1.29 is 15.0 Å². The molecule has 4 aliphatic rings. The number of amides is 1. The van der Waals surface area contributed by atoms with Crippen LogP contribution in [0.3, 0.4) is 0 Å². The smallest absolute Gasteiger partial charge is 0.252 e. The summed E-state index contributed by atoms with van der Waals surface area (Å²) < 4.78 is 0. The summed E-state index contributed by atoms with van der Waals surface area (Å²) in [5.74, 6) is 2.38. The molecule has 4 N–H and O–H groups in total. The fraction of sp³-hybridized carbons (Fsp3) is 0.696. The van der Waals surface area contributed by atoms with E-state index in [1.165, 1.54) is 37.7 Å². The molecule has 4 aliphatic carbocycles. The zero-order valence-corrected chi connectivity index (χ0v) is 16.0. The minimum Gasteiger partial charge on any atom is -0.507 e. The lowest BCUT2D eigenvalue weighted by atomic mass is 9.45. The lowest BCUT2D eigenvalue weighted by molar-refractivity contribution is -0.0441. The zero-order chi connectivity index (χ0) is 18.8. The summed E-state index contributed by atoms with van der Waals surface area (Å²) in [7, 11) is 0. The first-order valence-corrected chi connectivity index (χ1v) is 10.8. The number of fused-ring (bicyclic) bond motifs is 1. The number of carbonyl (C=O) groups is 1. The molecule has 4 nitrogen and oxygen atoms in total. The van der Waals surface area contributed by atoms with Crippen LogP contribution in [-0.2, 0) is 11.8 Å². The standard InChI is InChI=1S/C23H31NO3/c24-22(27)17-6-4-15-11-18-14(10-13-2-1-3-13)8-9-23(20(15)21(17)26)12-16(25)5-7-19(18)23/h4,6,13-14,16,18-19,25-26H,1-3,5,7-12H2,(H2,24,27)/t14?,16-,18+,19+,23?/m1/s1. The maximum atomic E-state index is 11.8. The molecule has 1 aromatic rings. The fourth-order valence-corrected chi connectivity index (χ4v) is 7.20. The molecule has 27 heavy (non-hydrogen) atoms. The minimum absolute atomic E-state index is 0.0926. The van der Waals surface area contributed by atoms with Gasteiger partial charge in [0.2, 0.25) is 0 Å². The van der Waals surface area contributed by atoms with Crippen LogP contribution in [0.15, 0.2) is 12.1 Å². The third-order valence-corrected chi connectivity index (χ3v) is 8.55. The summed E-state index contributed by atoms with van der Waals surface area (Å²) in [5.41, 5.74) is 7.71. The number of benzene rings is 1. The molecule has 3 saturated carbocycles. The van der Waals surface area contributed by atoms with Gasteiger partial charge in [-0.15, -0.1) is 0 Å². The summed E-state index contributed by atoms with van der Waals surface area (Å²) in [6, 6.07) is 3.72. The van der Waals surface area contributed by atoms with Gasteiger partial charge >= 0.3 is 0 Å². The molecule has 1 aromatic carbocycles. The van der Waals surface area contributed by atoms with Gasteiger partial charge in [-0.1, -0.05) is 25.3 Å². The van der Waals surface area contributed by atoms with Crippen LogP contribution in [0.25, 0.3) is 0 Å². The van der Waals surface area contributed by atoms with Gasteiger partial charge in [0.25, 0.3) is 5.91 Å². The molecule has 146 valence electrons. The minimum atomic E-state index is -0.569. The summed E-state index contributed by atoms with van der Waals surface area (Å²) in [6.45, 7) is 0. The molecule has 0 aliphatic heterocycles. The molecule has 5 atom stereocenters. The predicted octanol–water partition coefficient (Wildman–Crippen LogP) is 3.66. The van der Waals surface area contributed by atoms with Crippen molar-refractivity contribution >= 4 is 5.91 Å². The Hall–Kier alpha value is -1.55.